The highest BCUT2D eigenvalue weighted by Gasteiger charge is 2.08. The van der Waals surface area contributed by atoms with Crippen molar-refractivity contribution in [2.24, 2.45) is 0 Å². The third kappa shape index (κ3) is 1.68. The molecule has 0 bridgehead atoms. The number of nitrogens with one attached hydrogen (secondary N) is 2. The molecule has 2 rings (SSSR count). The van der Waals surface area contributed by atoms with E-state index < -0.39 is 5.91 Å². The summed E-state index contributed by atoms with van der Waals surface area (Å²) in [6.07, 6.45) is 2.76. The van der Waals surface area contributed by atoms with E-state index in [2.05, 4.69) is 35.9 Å². The van der Waals surface area contributed by atoms with Crippen LogP contribution >= 0.6 is 0 Å². The quantitative estimate of drug-likeness (QED) is 0.645. The Bertz CT molecular complexity index is 411. The third-order valence-corrected chi connectivity index (χ3v) is 1.39. The molecule has 0 atom stereocenters. The topological polar surface area (TPSA) is 109 Å². The summed E-state index contributed by atoms with van der Waals surface area (Å²) in [7, 11) is 0. The molecule has 2 heterocycles. The molecule has 2 aromatic rings. The molecule has 0 saturated carbocycles. The van der Waals surface area contributed by atoms with E-state index in [1.54, 1.807) is 0 Å². The smallest absolute Gasteiger partial charge is 0.276 e. The average Bonchev–Trinajstić information content (AvgIpc) is 2.72. The van der Waals surface area contributed by atoms with Crippen molar-refractivity contribution in [3.63, 3.8) is 0 Å². The van der Waals surface area contributed by atoms with Crippen LogP contribution < -0.4 is 5.32 Å². The zero-order valence-electron chi connectivity index (χ0n) is 6.88. The van der Waals surface area contributed by atoms with Gasteiger partial charge in [-0.2, -0.15) is 0 Å². The Morgan fingerprint density at radius 3 is 3.07 bits per heavy atom. The number of carbonyl (C=O) groups excluding carboxylic acids is 1. The lowest BCUT2D eigenvalue weighted by Gasteiger charge is -1.97. The molecule has 0 spiro atoms. The number of anilines is 1. The molecule has 0 aliphatic heterocycles. The van der Waals surface area contributed by atoms with Gasteiger partial charge >= 0.3 is 0 Å². The van der Waals surface area contributed by atoms with E-state index in [1.807, 2.05) is 0 Å². The number of hydrogen-bond acceptors (Lipinski definition) is 6. The Morgan fingerprint density at radius 1 is 1.50 bits per heavy atom. The van der Waals surface area contributed by atoms with E-state index >= 15 is 0 Å². The molecule has 14 heavy (non-hydrogen) atoms. The number of rotatable bonds is 2. The molecule has 70 valence electrons. The molecule has 2 aromatic heterocycles. The van der Waals surface area contributed by atoms with Crippen molar-refractivity contribution in [1.82, 2.24) is 30.6 Å². The van der Waals surface area contributed by atoms with Gasteiger partial charge in [0.05, 0.1) is 0 Å². The van der Waals surface area contributed by atoms with E-state index in [-0.39, 0.29) is 11.6 Å². The number of aromatic nitrogens is 6. The first kappa shape index (κ1) is 8.23. The van der Waals surface area contributed by atoms with Crippen LogP contribution in [0.2, 0.25) is 0 Å². The van der Waals surface area contributed by atoms with Crippen LogP contribution in [0.5, 0.6) is 0 Å². The van der Waals surface area contributed by atoms with Gasteiger partial charge in [-0.05, 0) is 16.5 Å². The number of nitrogens with zero attached hydrogens (tertiary/aromatic N) is 5. The number of carbonyl (C=O) groups is 1. The maximum Gasteiger partial charge on any atom is 0.276 e. The number of amides is 1. The van der Waals surface area contributed by atoms with Gasteiger partial charge in [0.15, 0.2) is 0 Å². The minimum Gasteiger partial charge on any atom is -0.288 e. The number of H-pyrrole nitrogens is 1. The largest absolute Gasteiger partial charge is 0.288 e. The lowest BCUT2D eigenvalue weighted by molar-refractivity contribution is 0.102. The van der Waals surface area contributed by atoms with Crippen LogP contribution in [0.25, 0.3) is 0 Å². The third-order valence-electron chi connectivity index (χ3n) is 1.39. The normalized spacial score (nSPS) is 9.71. The fourth-order valence-electron chi connectivity index (χ4n) is 0.809. The van der Waals surface area contributed by atoms with E-state index in [9.17, 15) is 4.79 Å². The summed E-state index contributed by atoms with van der Waals surface area (Å²) in [5.74, 6) is -0.223. The fourth-order valence-corrected chi connectivity index (χ4v) is 0.809. The Labute approximate surface area is 77.8 Å². The first-order valence-electron chi connectivity index (χ1n) is 3.67. The number of tetrazole rings is 1. The lowest BCUT2D eigenvalue weighted by atomic mass is 10.4. The van der Waals surface area contributed by atoms with Crippen LogP contribution in [0.3, 0.4) is 0 Å². The molecule has 1 amide bonds. The van der Waals surface area contributed by atoms with Crippen molar-refractivity contribution in [3.05, 3.63) is 24.3 Å². The Morgan fingerprint density at radius 2 is 2.43 bits per heavy atom. The summed E-state index contributed by atoms with van der Waals surface area (Å²) in [4.78, 5) is 18.8. The maximum absolute atomic E-state index is 11.4. The summed E-state index contributed by atoms with van der Waals surface area (Å²) in [5, 5.41) is 14.9. The van der Waals surface area contributed by atoms with E-state index in [1.165, 1.54) is 18.6 Å². The summed E-state index contributed by atoms with van der Waals surface area (Å²) in [6, 6.07) is 1.49. The fraction of sp³-hybridized carbons (Fsp3) is 0. The van der Waals surface area contributed by atoms with Gasteiger partial charge in [0.25, 0.3) is 5.91 Å². The molecular formula is C6H5N7O. The van der Waals surface area contributed by atoms with Gasteiger partial charge in [-0.15, -0.1) is 0 Å². The van der Waals surface area contributed by atoms with Crippen LogP contribution in [-0.4, -0.2) is 36.5 Å². The molecular weight excluding hydrogens is 186 g/mol. The lowest BCUT2D eigenvalue weighted by Crippen LogP contribution is -2.14. The summed E-state index contributed by atoms with van der Waals surface area (Å²) < 4.78 is 0. The van der Waals surface area contributed by atoms with Crippen molar-refractivity contribution in [1.29, 1.82) is 0 Å². The number of hydrogen-bond donors (Lipinski definition) is 2. The van der Waals surface area contributed by atoms with Gasteiger partial charge in [-0.25, -0.2) is 15.1 Å². The minimum atomic E-state index is -0.397. The Kier molecular flexibility index (Phi) is 2.09. The molecule has 8 heteroatoms. The standard InChI is InChI=1S/C6H5N7O/c14-5(4-1-2-7-3-8-4)9-6-10-12-13-11-6/h1-3H,(H2,9,10,11,12,13,14). The first-order chi connectivity index (χ1) is 6.86. The SMILES string of the molecule is O=C(Nc1nnn[nH]1)c1ccncn1. The van der Waals surface area contributed by atoms with Crippen LogP contribution in [0.4, 0.5) is 5.95 Å². The van der Waals surface area contributed by atoms with Crippen molar-refractivity contribution in [2.75, 3.05) is 5.32 Å². The predicted molar refractivity (Wildman–Crippen MR) is 44.2 cm³/mol. The van der Waals surface area contributed by atoms with E-state index in [4.69, 9.17) is 0 Å². The van der Waals surface area contributed by atoms with Crippen molar-refractivity contribution in [2.45, 2.75) is 0 Å². The summed E-state index contributed by atoms with van der Waals surface area (Å²) in [6.45, 7) is 0. The first-order valence-corrected chi connectivity index (χ1v) is 3.67. The van der Waals surface area contributed by atoms with Crippen molar-refractivity contribution >= 4 is 11.9 Å². The van der Waals surface area contributed by atoms with E-state index in [0.717, 1.165) is 0 Å². The highest BCUT2D eigenvalue weighted by Crippen LogP contribution is 1.96. The van der Waals surface area contributed by atoms with Crippen LogP contribution in [0, 0.1) is 0 Å². The molecule has 0 aromatic carbocycles. The van der Waals surface area contributed by atoms with Crippen LogP contribution in [-0.2, 0) is 0 Å². The maximum atomic E-state index is 11.4. The highest BCUT2D eigenvalue weighted by atomic mass is 16.2. The molecule has 0 fully saturated rings. The van der Waals surface area contributed by atoms with Gasteiger partial charge in [-0.1, -0.05) is 5.10 Å². The summed E-state index contributed by atoms with van der Waals surface area (Å²) in [5.41, 5.74) is 0.247. The molecule has 0 aliphatic rings. The second-order valence-corrected chi connectivity index (χ2v) is 2.30. The summed E-state index contributed by atoms with van der Waals surface area (Å²) >= 11 is 0. The molecule has 0 aliphatic carbocycles. The second kappa shape index (κ2) is 3.56. The highest BCUT2D eigenvalue weighted by molar-refractivity contribution is 6.01. The van der Waals surface area contributed by atoms with Crippen LogP contribution in [0.15, 0.2) is 18.6 Å². The average molecular weight is 191 g/mol. The van der Waals surface area contributed by atoms with Gasteiger partial charge in [0.2, 0.25) is 5.95 Å². The monoisotopic (exact) mass is 191 g/mol. The van der Waals surface area contributed by atoms with Crippen molar-refractivity contribution < 1.29 is 4.79 Å². The van der Waals surface area contributed by atoms with Gasteiger partial charge in [-0.3, -0.25) is 10.1 Å². The van der Waals surface area contributed by atoms with Gasteiger partial charge < -0.3 is 0 Å². The molecule has 8 nitrogen and oxygen atoms in total. The minimum absolute atomic E-state index is 0.175. The predicted octanol–water partition coefficient (Wildman–Crippen LogP) is -0.758. The molecule has 0 unspecified atom stereocenters. The van der Waals surface area contributed by atoms with Crippen molar-refractivity contribution in [3.8, 4) is 0 Å². The molecule has 0 saturated heterocycles. The number of aromatic amines is 1. The zero-order valence-corrected chi connectivity index (χ0v) is 6.88. The van der Waals surface area contributed by atoms with E-state index in [0.29, 0.717) is 0 Å². The van der Waals surface area contributed by atoms with Gasteiger partial charge in [0, 0.05) is 6.20 Å². The van der Waals surface area contributed by atoms with Gasteiger partial charge in [0.1, 0.15) is 12.0 Å². The zero-order chi connectivity index (χ0) is 9.80. The van der Waals surface area contributed by atoms with Crippen LogP contribution in [0.1, 0.15) is 10.5 Å². The molecule has 2 N–H and O–H groups in total. The Balaban J connectivity index is 2.11. The Hall–Kier alpha value is -2.38. The second-order valence-electron chi connectivity index (χ2n) is 2.30. The molecule has 0 radical (unpaired) electrons.